The Morgan fingerprint density at radius 3 is 2.30 bits per heavy atom. The van der Waals surface area contributed by atoms with Gasteiger partial charge in [0.1, 0.15) is 0 Å². The average Bonchev–Trinajstić information content (AvgIpc) is 3.28. The van der Waals surface area contributed by atoms with Crippen LogP contribution in [0.15, 0.2) is 24.3 Å². The Bertz CT molecular complexity index is 403. The molecule has 0 radical (unpaired) electrons. The first-order valence-corrected chi connectivity index (χ1v) is 8.02. The lowest BCUT2D eigenvalue weighted by atomic mass is 10.1. The van der Waals surface area contributed by atoms with E-state index >= 15 is 0 Å². The van der Waals surface area contributed by atoms with Gasteiger partial charge in [-0.25, -0.2) is 0 Å². The molecule has 1 aliphatic carbocycles. The van der Waals surface area contributed by atoms with Crippen molar-refractivity contribution in [1.82, 2.24) is 15.1 Å². The fourth-order valence-electron chi connectivity index (χ4n) is 2.78. The van der Waals surface area contributed by atoms with E-state index in [2.05, 4.69) is 46.4 Å². The Balaban J connectivity index is 1.43. The molecule has 0 bridgehead atoms. The molecule has 110 valence electrons. The number of likely N-dealkylation sites (N-methyl/N-ethyl adjacent to an activating group) is 1. The molecule has 0 atom stereocenters. The summed E-state index contributed by atoms with van der Waals surface area (Å²) in [6, 6.07) is 10.1. The van der Waals surface area contributed by atoms with E-state index in [-0.39, 0.29) is 0 Å². The first-order chi connectivity index (χ1) is 9.79. The fraction of sp³-hybridized carbons (Fsp3) is 0.647. The summed E-state index contributed by atoms with van der Waals surface area (Å²) in [7, 11) is 2.21. The lowest BCUT2D eigenvalue weighted by Gasteiger charge is -2.32. The third kappa shape index (κ3) is 4.30. The first kappa shape index (κ1) is 14.1. The zero-order valence-electron chi connectivity index (χ0n) is 12.6. The van der Waals surface area contributed by atoms with Gasteiger partial charge in [0.2, 0.25) is 0 Å². The molecule has 3 nitrogen and oxygen atoms in total. The number of benzene rings is 1. The maximum atomic E-state index is 3.58. The molecule has 1 aromatic carbocycles. The second-order valence-electron chi connectivity index (χ2n) is 6.37. The van der Waals surface area contributed by atoms with Gasteiger partial charge < -0.3 is 10.2 Å². The molecule has 3 heteroatoms. The van der Waals surface area contributed by atoms with Crippen LogP contribution in [-0.4, -0.2) is 55.6 Å². The topological polar surface area (TPSA) is 18.5 Å². The van der Waals surface area contributed by atoms with Crippen molar-refractivity contribution in [3.05, 3.63) is 35.4 Å². The summed E-state index contributed by atoms with van der Waals surface area (Å²) in [6.45, 7) is 7.03. The van der Waals surface area contributed by atoms with Crippen molar-refractivity contribution in [3.63, 3.8) is 0 Å². The third-order valence-electron chi connectivity index (χ3n) is 4.45. The van der Waals surface area contributed by atoms with Crippen molar-refractivity contribution >= 4 is 0 Å². The molecular formula is C17H27N3. The minimum atomic E-state index is 0.825. The van der Waals surface area contributed by atoms with Crippen LogP contribution in [-0.2, 0) is 13.0 Å². The summed E-state index contributed by atoms with van der Waals surface area (Å²) in [5.41, 5.74) is 2.91. The largest absolute Gasteiger partial charge is 0.314 e. The van der Waals surface area contributed by atoms with Crippen LogP contribution >= 0.6 is 0 Å². The number of piperazine rings is 1. The van der Waals surface area contributed by atoms with Crippen LogP contribution in [0.5, 0.6) is 0 Å². The predicted molar refractivity (Wildman–Crippen MR) is 83.9 cm³/mol. The van der Waals surface area contributed by atoms with Crippen LogP contribution in [0.3, 0.4) is 0 Å². The molecule has 1 N–H and O–H groups in total. The Hall–Kier alpha value is -0.900. The van der Waals surface area contributed by atoms with Gasteiger partial charge in [0, 0.05) is 38.8 Å². The summed E-state index contributed by atoms with van der Waals surface area (Å²) < 4.78 is 0. The van der Waals surface area contributed by atoms with E-state index in [1.54, 1.807) is 0 Å². The van der Waals surface area contributed by atoms with Gasteiger partial charge in [-0.05, 0) is 44.0 Å². The summed E-state index contributed by atoms with van der Waals surface area (Å²) in [5, 5.41) is 3.58. The second kappa shape index (κ2) is 6.70. The monoisotopic (exact) mass is 273 g/mol. The fourth-order valence-corrected chi connectivity index (χ4v) is 2.78. The van der Waals surface area contributed by atoms with Gasteiger partial charge >= 0.3 is 0 Å². The molecule has 0 amide bonds. The van der Waals surface area contributed by atoms with Crippen LogP contribution in [0.2, 0.25) is 0 Å². The van der Waals surface area contributed by atoms with Gasteiger partial charge in [-0.3, -0.25) is 4.90 Å². The van der Waals surface area contributed by atoms with Gasteiger partial charge in [0.25, 0.3) is 0 Å². The van der Waals surface area contributed by atoms with Gasteiger partial charge in [-0.1, -0.05) is 24.3 Å². The van der Waals surface area contributed by atoms with E-state index in [0.717, 1.165) is 25.6 Å². The Morgan fingerprint density at radius 1 is 1.00 bits per heavy atom. The van der Waals surface area contributed by atoms with Crippen molar-refractivity contribution in [3.8, 4) is 0 Å². The number of hydrogen-bond donors (Lipinski definition) is 1. The highest BCUT2D eigenvalue weighted by atomic mass is 15.2. The molecule has 0 aromatic heterocycles. The van der Waals surface area contributed by atoms with Crippen molar-refractivity contribution in [2.45, 2.75) is 31.8 Å². The van der Waals surface area contributed by atoms with E-state index in [1.165, 1.54) is 50.1 Å². The molecule has 1 saturated carbocycles. The lowest BCUT2D eigenvalue weighted by molar-refractivity contribution is 0.148. The van der Waals surface area contributed by atoms with E-state index in [0.29, 0.717) is 0 Å². The summed E-state index contributed by atoms with van der Waals surface area (Å²) >= 11 is 0. The maximum Gasteiger partial charge on any atom is 0.0234 e. The first-order valence-electron chi connectivity index (χ1n) is 8.02. The van der Waals surface area contributed by atoms with Gasteiger partial charge in [0.15, 0.2) is 0 Å². The average molecular weight is 273 g/mol. The highest BCUT2D eigenvalue weighted by molar-refractivity contribution is 5.22. The molecule has 20 heavy (non-hydrogen) atoms. The van der Waals surface area contributed by atoms with Crippen molar-refractivity contribution < 1.29 is 0 Å². The molecule has 3 rings (SSSR count). The molecule has 1 aromatic rings. The molecule has 2 fully saturated rings. The number of rotatable bonds is 6. The molecule has 2 aliphatic rings. The van der Waals surface area contributed by atoms with E-state index < -0.39 is 0 Å². The van der Waals surface area contributed by atoms with Crippen molar-refractivity contribution in [1.29, 1.82) is 0 Å². The van der Waals surface area contributed by atoms with Gasteiger partial charge in [-0.15, -0.1) is 0 Å². The quantitative estimate of drug-likeness (QED) is 0.851. The Morgan fingerprint density at radius 2 is 1.65 bits per heavy atom. The smallest absolute Gasteiger partial charge is 0.0234 e. The van der Waals surface area contributed by atoms with E-state index in [4.69, 9.17) is 0 Å². The molecule has 1 saturated heterocycles. The van der Waals surface area contributed by atoms with E-state index in [9.17, 15) is 0 Å². The Labute approximate surface area is 123 Å². The molecule has 0 spiro atoms. The third-order valence-corrected chi connectivity index (χ3v) is 4.45. The van der Waals surface area contributed by atoms with Crippen molar-refractivity contribution in [2.24, 2.45) is 0 Å². The van der Waals surface area contributed by atoms with Crippen molar-refractivity contribution in [2.75, 3.05) is 39.8 Å². The molecule has 0 unspecified atom stereocenters. The summed E-state index contributed by atoms with van der Waals surface area (Å²) in [4.78, 5) is 4.97. The minimum absolute atomic E-state index is 0.825. The van der Waals surface area contributed by atoms with Gasteiger partial charge in [0.05, 0.1) is 0 Å². The van der Waals surface area contributed by atoms with Crippen LogP contribution in [0.1, 0.15) is 24.0 Å². The number of nitrogens with zero attached hydrogens (tertiary/aromatic N) is 2. The minimum Gasteiger partial charge on any atom is -0.314 e. The molecule has 1 aliphatic heterocycles. The molecule has 1 heterocycles. The zero-order valence-corrected chi connectivity index (χ0v) is 12.6. The SMILES string of the molecule is CN1CCN(Cc2ccc(CCNC3CC3)cc2)CC1. The maximum absolute atomic E-state index is 3.58. The summed E-state index contributed by atoms with van der Waals surface area (Å²) in [5.74, 6) is 0. The summed E-state index contributed by atoms with van der Waals surface area (Å²) in [6.07, 6.45) is 3.92. The standard InChI is InChI=1S/C17H27N3/c1-19-10-12-20(13-11-19)14-16-4-2-15(3-5-16)8-9-18-17-6-7-17/h2-5,17-18H,6-14H2,1H3. The lowest BCUT2D eigenvalue weighted by Crippen LogP contribution is -2.43. The van der Waals surface area contributed by atoms with Crippen LogP contribution in [0.25, 0.3) is 0 Å². The number of nitrogens with one attached hydrogen (secondary N) is 1. The number of hydrogen-bond acceptors (Lipinski definition) is 3. The van der Waals surface area contributed by atoms with E-state index in [1.807, 2.05) is 0 Å². The Kier molecular flexibility index (Phi) is 4.71. The zero-order chi connectivity index (χ0) is 13.8. The normalized spacial score (nSPS) is 21.2. The van der Waals surface area contributed by atoms with Crippen LogP contribution in [0.4, 0.5) is 0 Å². The highest BCUT2D eigenvalue weighted by Crippen LogP contribution is 2.18. The second-order valence-corrected chi connectivity index (χ2v) is 6.37. The highest BCUT2D eigenvalue weighted by Gasteiger charge is 2.19. The van der Waals surface area contributed by atoms with Crippen LogP contribution in [0, 0.1) is 0 Å². The van der Waals surface area contributed by atoms with Gasteiger partial charge in [-0.2, -0.15) is 0 Å². The van der Waals surface area contributed by atoms with Crippen LogP contribution < -0.4 is 5.32 Å². The predicted octanol–water partition coefficient (Wildman–Crippen LogP) is 1.73. The molecular weight excluding hydrogens is 246 g/mol.